The molecule has 98 valence electrons. The van der Waals surface area contributed by atoms with Gasteiger partial charge in [-0.1, -0.05) is 28.1 Å². The molecule has 2 N–H and O–H groups in total. The second kappa shape index (κ2) is 5.95. The maximum absolute atomic E-state index is 12.0. The standard InChI is InChI=1S/C14H13BrN2O2/c1-9-11(15)3-2-4-12(9)17-14(19)13-6-5-10(8-18)7-16-13/h2-7,18H,8H2,1H3,(H,17,19). The van der Waals surface area contributed by atoms with E-state index in [0.717, 1.165) is 15.7 Å². The third-order valence-corrected chi connectivity index (χ3v) is 3.61. The first kappa shape index (κ1) is 13.7. The molecule has 0 aliphatic carbocycles. The van der Waals surface area contributed by atoms with Gasteiger partial charge in [0.25, 0.3) is 5.91 Å². The Hall–Kier alpha value is -1.72. The van der Waals surface area contributed by atoms with Crippen LogP contribution in [0.15, 0.2) is 41.0 Å². The van der Waals surface area contributed by atoms with Gasteiger partial charge in [0.2, 0.25) is 0 Å². The summed E-state index contributed by atoms with van der Waals surface area (Å²) < 4.78 is 0.939. The molecule has 0 aliphatic rings. The summed E-state index contributed by atoms with van der Waals surface area (Å²) in [5.41, 5.74) is 2.70. The van der Waals surface area contributed by atoms with E-state index in [2.05, 4.69) is 26.2 Å². The van der Waals surface area contributed by atoms with Crippen molar-refractivity contribution in [2.75, 3.05) is 5.32 Å². The molecule has 0 spiro atoms. The largest absolute Gasteiger partial charge is 0.392 e. The highest BCUT2D eigenvalue weighted by atomic mass is 79.9. The number of rotatable bonds is 3. The number of amides is 1. The van der Waals surface area contributed by atoms with Crippen LogP contribution in [0.4, 0.5) is 5.69 Å². The van der Waals surface area contributed by atoms with E-state index < -0.39 is 0 Å². The second-order valence-corrected chi connectivity index (χ2v) is 4.93. The summed E-state index contributed by atoms with van der Waals surface area (Å²) in [4.78, 5) is 16.0. The molecule has 2 rings (SSSR count). The van der Waals surface area contributed by atoms with Crippen molar-refractivity contribution >= 4 is 27.5 Å². The second-order valence-electron chi connectivity index (χ2n) is 4.08. The Balaban J connectivity index is 2.18. The summed E-state index contributed by atoms with van der Waals surface area (Å²) in [6.45, 7) is 1.83. The van der Waals surface area contributed by atoms with E-state index in [1.165, 1.54) is 6.20 Å². The van der Waals surface area contributed by atoms with Crippen molar-refractivity contribution in [1.82, 2.24) is 4.98 Å². The lowest BCUT2D eigenvalue weighted by Gasteiger charge is -2.09. The van der Waals surface area contributed by atoms with Gasteiger partial charge >= 0.3 is 0 Å². The average Bonchev–Trinajstić information content (AvgIpc) is 2.44. The van der Waals surface area contributed by atoms with Gasteiger partial charge in [-0.25, -0.2) is 0 Å². The van der Waals surface area contributed by atoms with Crippen molar-refractivity contribution in [1.29, 1.82) is 0 Å². The zero-order valence-electron chi connectivity index (χ0n) is 10.4. The Kier molecular flexibility index (Phi) is 4.29. The predicted molar refractivity (Wildman–Crippen MR) is 77.0 cm³/mol. The van der Waals surface area contributed by atoms with Crippen LogP contribution < -0.4 is 5.32 Å². The van der Waals surface area contributed by atoms with Crippen LogP contribution in [-0.2, 0) is 6.61 Å². The number of aliphatic hydroxyl groups is 1. The number of pyridine rings is 1. The summed E-state index contributed by atoms with van der Waals surface area (Å²) in [6, 6.07) is 8.87. The topological polar surface area (TPSA) is 62.2 Å². The number of carbonyl (C=O) groups is 1. The molecule has 1 aromatic heterocycles. The van der Waals surface area contributed by atoms with E-state index in [1.54, 1.807) is 12.1 Å². The molecule has 2 aromatic rings. The molecule has 1 heterocycles. The highest BCUT2D eigenvalue weighted by Gasteiger charge is 2.10. The fourth-order valence-electron chi connectivity index (χ4n) is 1.58. The van der Waals surface area contributed by atoms with Gasteiger partial charge in [-0.15, -0.1) is 0 Å². The number of nitrogens with one attached hydrogen (secondary N) is 1. The van der Waals surface area contributed by atoms with Crippen molar-refractivity contribution in [3.8, 4) is 0 Å². The highest BCUT2D eigenvalue weighted by Crippen LogP contribution is 2.23. The summed E-state index contributed by atoms with van der Waals surface area (Å²) in [7, 11) is 0. The Morgan fingerprint density at radius 3 is 2.79 bits per heavy atom. The number of benzene rings is 1. The van der Waals surface area contributed by atoms with Gasteiger partial charge in [0.15, 0.2) is 0 Å². The Morgan fingerprint density at radius 1 is 1.37 bits per heavy atom. The van der Waals surface area contributed by atoms with E-state index in [4.69, 9.17) is 5.11 Å². The van der Waals surface area contributed by atoms with E-state index in [0.29, 0.717) is 11.3 Å². The lowest BCUT2D eigenvalue weighted by Crippen LogP contribution is -2.14. The van der Waals surface area contributed by atoms with Crippen molar-refractivity contribution in [2.24, 2.45) is 0 Å². The SMILES string of the molecule is Cc1c(Br)cccc1NC(=O)c1ccc(CO)cn1. The first-order valence-corrected chi connectivity index (χ1v) is 6.53. The third-order valence-electron chi connectivity index (χ3n) is 2.76. The molecule has 0 unspecified atom stereocenters. The zero-order valence-corrected chi connectivity index (χ0v) is 11.9. The van der Waals surface area contributed by atoms with E-state index in [9.17, 15) is 4.79 Å². The molecular formula is C14H13BrN2O2. The van der Waals surface area contributed by atoms with Crippen LogP contribution in [-0.4, -0.2) is 16.0 Å². The molecule has 1 amide bonds. The minimum atomic E-state index is -0.273. The van der Waals surface area contributed by atoms with Crippen LogP contribution in [0, 0.1) is 6.92 Å². The summed E-state index contributed by atoms with van der Waals surface area (Å²) in [5.74, 6) is -0.273. The monoisotopic (exact) mass is 320 g/mol. The number of aromatic nitrogens is 1. The van der Waals surface area contributed by atoms with Gasteiger partial charge in [-0.05, 0) is 36.2 Å². The van der Waals surface area contributed by atoms with Crippen molar-refractivity contribution in [2.45, 2.75) is 13.5 Å². The maximum Gasteiger partial charge on any atom is 0.274 e. The molecule has 0 fully saturated rings. The Bertz CT molecular complexity index is 597. The molecule has 1 aromatic carbocycles. The quantitative estimate of drug-likeness (QED) is 0.914. The molecule has 0 bridgehead atoms. The van der Waals surface area contributed by atoms with Crippen LogP contribution in [0.3, 0.4) is 0 Å². The fraction of sp³-hybridized carbons (Fsp3) is 0.143. The van der Waals surface area contributed by atoms with Crippen LogP contribution in [0.2, 0.25) is 0 Å². The minimum Gasteiger partial charge on any atom is -0.392 e. The molecule has 0 saturated heterocycles. The Morgan fingerprint density at radius 2 is 2.16 bits per heavy atom. The number of nitrogens with zero attached hydrogens (tertiary/aromatic N) is 1. The van der Waals surface area contributed by atoms with Crippen molar-refractivity contribution < 1.29 is 9.90 Å². The first-order chi connectivity index (χ1) is 9.11. The minimum absolute atomic E-state index is 0.0837. The van der Waals surface area contributed by atoms with E-state index in [-0.39, 0.29) is 12.5 Å². The van der Waals surface area contributed by atoms with Gasteiger partial charge in [0.05, 0.1) is 6.61 Å². The highest BCUT2D eigenvalue weighted by molar-refractivity contribution is 9.10. The Labute approximate surface area is 119 Å². The van der Waals surface area contributed by atoms with Crippen molar-refractivity contribution in [3.63, 3.8) is 0 Å². The normalized spacial score (nSPS) is 10.3. The zero-order chi connectivity index (χ0) is 13.8. The third kappa shape index (κ3) is 3.19. The van der Waals surface area contributed by atoms with Crippen LogP contribution in [0.1, 0.15) is 21.6 Å². The van der Waals surface area contributed by atoms with Crippen LogP contribution in [0.25, 0.3) is 0 Å². The number of hydrogen-bond donors (Lipinski definition) is 2. The molecule has 4 nitrogen and oxygen atoms in total. The molecular weight excluding hydrogens is 308 g/mol. The summed E-state index contributed by atoms with van der Waals surface area (Å²) in [6.07, 6.45) is 1.49. The van der Waals surface area contributed by atoms with Crippen molar-refractivity contribution in [3.05, 3.63) is 57.8 Å². The van der Waals surface area contributed by atoms with Gasteiger partial charge < -0.3 is 10.4 Å². The van der Waals surface area contributed by atoms with E-state index >= 15 is 0 Å². The first-order valence-electron chi connectivity index (χ1n) is 5.74. The van der Waals surface area contributed by atoms with Crippen LogP contribution in [0.5, 0.6) is 0 Å². The average molecular weight is 321 g/mol. The van der Waals surface area contributed by atoms with E-state index in [1.807, 2.05) is 25.1 Å². The molecule has 19 heavy (non-hydrogen) atoms. The lowest BCUT2D eigenvalue weighted by atomic mass is 10.2. The molecule has 5 heteroatoms. The molecule has 0 saturated carbocycles. The molecule has 0 radical (unpaired) electrons. The lowest BCUT2D eigenvalue weighted by molar-refractivity contribution is 0.102. The number of hydrogen-bond acceptors (Lipinski definition) is 3. The van der Waals surface area contributed by atoms with Gasteiger partial charge in [-0.3, -0.25) is 9.78 Å². The van der Waals surface area contributed by atoms with Gasteiger partial charge in [0.1, 0.15) is 5.69 Å². The van der Waals surface area contributed by atoms with Gasteiger partial charge in [-0.2, -0.15) is 0 Å². The number of carbonyl (C=O) groups excluding carboxylic acids is 1. The summed E-state index contributed by atoms with van der Waals surface area (Å²) in [5, 5.41) is 11.7. The number of anilines is 1. The number of aliphatic hydroxyl groups excluding tert-OH is 1. The summed E-state index contributed by atoms with van der Waals surface area (Å²) >= 11 is 3.42. The fourth-order valence-corrected chi connectivity index (χ4v) is 1.95. The predicted octanol–water partition coefficient (Wildman–Crippen LogP) is 2.90. The maximum atomic E-state index is 12.0. The molecule has 0 aliphatic heterocycles. The number of halogens is 1. The van der Waals surface area contributed by atoms with Gasteiger partial charge in [0, 0.05) is 16.4 Å². The van der Waals surface area contributed by atoms with Crippen LogP contribution >= 0.6 is 15.9 Å². The molecule has 0 atom stereocenters. The smallest absolute Gasteiger partial charge is 0.274 e.